The zero-order valence-electron chi connectivity index (χ0n) is 17.8. The van der Waals surface area contributed by atoms with Crippen molar-refractivity contribution in [1.82, 2.24) is 14.5 Å². The Kier molecular flexibility index (Phi) is 5.00. The molecule has 0 radical (unpaired) electrons. The van der Waals surface area contributed by atoms with Gasteiger partial charge in [0.2, 0.25) is 0 Å². The molecule has 0 saturated carbocycles. The second-order valence-electron chi connectivity index (χ2n) is 9.38. The molecule has 1 saturated heterocycles. The second-order valence-corrected chi connectivity index (χ2v) is 9.38. The lowest BCUT2D eigenvalue weighted by Crippen LogP contribution is -2.46. The van der Waals surface area contributed by atoms with Crippen LogP contribution in [0.2, 0.25) is 0 Å². The molecule has 1 aliphatic heterocycles. The van der Waals surface area contributed by atoms with E-state index >= 15 is 0 Å². The summed E-state index contributed by atoms with van der Waals surface area (Å²) in [6.07, 6.45) is 0.830. The van der Waals surface area contributed by atoms with Crippen LogP contribution in [0.15, 0.2) is 24.5 Å². The van der Waals surface area contributed by atoms with Gasteiger partial charge in [0.1, 0.15) is 0 Å². The molecule has 0 unspecified atom stereocenters. The molecule has 1 amide bonds. The number of benzene rings is 1. The van der Waals surface area contributed by atoms with Crippen molar-refractivity contribution in [3.05, 3.63) is 24.5 Å². The lowest BCUT2D eigenvalue weighted by molar-refractivity contribution is 0.00578. The summed E-state index contributed by atoms with van der Waals surface area (Å²) in [6.45, 7) is 14.7. The number of hydrogen-bond donors (Lipinski definition) is 1. The van der Waals surface area contributed by atoms with Crippen molar-refractivity contribution in [2.75, 3.05) is 6.54 Å². The standard InChI is InChI=1S/C20H30BN3O4/c1-18(2,3)24(17(25)26)11-10-23-13-22-15-9-8-14(12-16(15)23)21-27-19(4,5)20(6,7)28-21/h8-9,12-13H,10-11H2,1-7H3,(H,25,26). The van der Waals surface area contributed by atoms with Gasteiger partial charge >= 0.3 is 13.2 Å². The van der Waals surface area contributed by atoms with E-state index in [0.717, 1.165) is 16.5 Å². The van der Waals surface area contributed by atoms with Crippen molar-refractivity contribution < 1.29 is 19.2 Å². The molecule has 1 aliphatic rings. The third kappa shape index (κ3) is 3.75. The fraction of sp³-hybridized carbons (Fsp3) is 0.600. The summed E-state index contributed by atoms with van der Waals surface area (Å²) < 4.78 is 14.3. The first-order valence-electron chi connectivity index (χ1n) is 9.63. The zero-order chi connectivity index (χ0) is 20.9. The molecule has 3 rings (SSSR count). The summed E-state index contributed by atoms with van der Waals surface area (Å²) in [6, 6.07) is 5.94. The van der Waals surface area contributed by atoms with Crippen LogP contribution in [0.4, 0.5) is 4.79 Å². The molecule has 2 aromatic rings. The zero-order valence-corrected chi connectivity index (χ0v) is 17.8. The van der Waals surface area contributed by atoms with Crippen molar-refractivity contribution in [2.24, 2.45) is 0 Å². The molecule has 152 valence electrons. The molecule has 1 aromatic heterocycles. The lowest BCUT2D eigenvalue weighted by atomic mass is 9.79. The van der Waals surface area contributed by atoms with Gasteiger partial charge in [-0.25, -0.2) is 9.78 Å². The second kappa shape index (κ2) is 6.78. The minimum atomic E-state index is -0.921. The van der Waals surface area contributed by atoms with Crippen LogP contribution in [0.3, 0.4) is 0 Å². The number of carboxylic acid groups (broad SMARTS) is 1. The number of hydrogen-bond acceptors (Lipinski definition) is 4. The maximum atomic E-state index is 11.6. The third-order valence-electron chi connectivity index (χ3n) is 5.78. The van der Waals surface area contributed by atoms with Gasteiger partial charge in [0, 0.05) is 18.6 Å². The van der Waals surface area contributed by atoms with Gasteiger partial charge in [0.25, 0.3) is 0 Å². The van der Waals surface area contributed by atoms with E-state index in [1.807, 2.05) is 71.2 Å². The molecule has 0 aliphatic carbocycles. The maximum absolute atomic E-state index is 11.6. The van der Waals surface area contributed by atoms with Gasteiger partial charge in [-0.15, -0.1) is 0 Å². The van der Waals surface area contributed by atoms with Crippen molar-refractivity contribution >= 4 is 29.7 Å². The van der Waals surface area contributed by atoms with Crippen molar-refractivity contribution in [1.29, 1.82) is 0 Å². The van der Waals surface area contributed by atoms with E-state index in [2.05, 4.69) is 4.98 Å². The molecule has 1 fully saturated rings. The Bertz CT molecular complexity index is 869. The summed E-state index contributed by atoms with van der Waals surface area (Å²) in [7, 11) is -0.442. The van der Waals surface area contributed by atoms with Gasteiger partial charge in [-0.2, -0.15) is 0 Å². The van der Waals surface area contributed by atoms with E-state index < -0.39 is 30.0 Å². The smallest absolute Gasteiger partial charge is 0.465 e. The highest BCUT2D eigenvalue weighted by atomic mass is 16.7. The topological polar surface area (TPSA) is 76.8 Å². The summed E-state index contributed by atoms with van der Waals surface area (Å²) >= 11 is 0. The summed E-state index contributed by atoms with van der Waals surface area (Å²) in [5.41, 5.74) is 1.46. The summed E-state index contributed by atoms with van der Waals surface area (Å²) in [5.74, 6) is 0. The average Bonchev–Trinajstić information content (AvgIpc) is 3.03. The van der Waals surface area contributed by atoms with Crippen LogP contribution in [0.25, 0.3) is 11.0 Å². The molecule has 0 bridgehead atoms. The van der Waals surface area contributed by atoms with Crippen molar-refractivity contribution in [3.8, 4) is 0 Å². The lowest BCUT2D eigenvalue weighted by Gasteiger charge is -2.33. The Labute approximate surface area is 166 Å². The maximum Gasteiger partial charge on any atom is 0.494 e. The van der Waals surface area contributed by atoms with Crippen LogP contribution in [-0.4, -0.2) is 56.1 Å². The van der Waals surface area contributed by atoms with Crippen LogP contribution >= 0.6 is 0 Å². The Morgan fingerprint density at radius 2 is 1.82 bits per heavy atom. The number of aromatic nitrogens is 2. The highest BCUT2D eigenvalue weighted by Gasteiger charge is 2.51. The van der Waals surface area contributed by atoms with Crippen molar-refractivity contribution in [3.63, 3.8) is 0 Å². The largest absolute Gasteiger partial charge is 0.494 e. The van der Waals surface area contributed by atoms with Gasteiger partial charge in [0.05, 0.1) is 28.6 Å². The number of imidazole rings is 1. The van der Waals surface area contributed by atoms with Gasteiger partial charge in [-0.1, -0.05) is 6.07 Å². The monoisotopic (exact) mass is 387 g/mol. The van der Waals surface area contributed by atoms with E-state index in [9.17, 15) is 9.90 Å². The highest BCUT2D eigenvalue weighted by Crippen LogP contribution is 2.36. The minimum absolute atomic E-state index is 0.380. The van der Waals surface area contributed by atoms with Gasteiger partial charge in [-0.3, -0.25) is 0 Å². The molecule has 8 heteroatoms. The SMILES string of the molecule is CC(C)(C)N(CCn1cnc2ccc(B3OC(C)(C)C(C)(C)O3)cc21)C(=O)O. The Morgan fingerprint density at radius 3 is 2.36 bits per heavy atom. The van der Waals surface area contributed by atoms with Crippen molar-refractivity contribution in [2.45, 2.75) is 71.8 Å². The molecule has 1 N–H and O–H groups in total. The van der Waals surface area contributed by atoms with E-state index in [4.69, 9.17) is 9.31 Å². The first-order chi connectivity index (χ1) is 12.8. The molecular formula is C20H30BN3O4. The van der Waals surface area contributed by atoms with Gasteiger partial charge in [0.15, 0.2) is 0 Å². The van der Waals surface area contributed by atoms with Crippen LogP contribution in [0.1, 0.15) is 48.5 Å². The Hall–Kier alpha value is -2.06. The molecule has 28 heavy (non-hydrogen) atoms. The number of amides is 1. The summed E-state index contributed by atoms with van der Waals surface area (Å²) in [4.78, 5) is 17.5. The molecule has 0 atom stereocenters. The first-order valence-corrected chi connectivity index (χ1v) is 9.63. The quantitative estimate of drug-likeness (QED) is 0.816. The third-order valence-corrected chi connectivity index (χ3v) is 5.78. The highest BCUT2D eigenvalue weighted by molar-refractivity contribution is 6.62. The van der Waals surface area contributed by atoms with E-state index in [1.165, 1.54) is 4.90 Å². The van der Waals surface area contributed by atoms with Gasteiger partial charge in [-0.05, 0) is 66.1 Å². The molecule has 7 nitrogen and oxygen atoms in total. The Morgan fingerprint density at radius 1 is 1.21 bits per heavy atom. The van der Waals surface area contributed by atoms with Crippen LogP contribution in [-0.2, 0) is 15.9 Å². The number of fused-ring (bicyclic) bond motifs is 1. The predicted molar refractivity (Wildman–Crippen MR) is 110 cm³/mol. The minimum Gasteiger partial charge on any atom is -0.465 e. The molecule has 0 spiro atoms. The predicted octanol–water partition coefficient (Wildman–Crippen LogP) is 3.11. The number of nitrogens with zero attached hydrogens (tertiary/aromatic N) is 3. The van der Waals surface area contributed by atoms with Crippen LogP contribution in [0, 0.1) is 0 Å². The fourth-order valence-corrected chi connectivity index (χ4v) is 3.30. The molecule has 2 heterocycles. The van der Waals surface area contributed by atoms with E-state index in [1.54, 1.807) is 6.33 Å². The first kappa shape index (κ1) is 20.7. The number of carbonyl (C=O) groups is 1. The van der Waals surface area contributed by atoms with Gasteiger partial charge < -0.3 is 23.9 Å². The average molecular weight is 387 g/mol. The normalized spacial score (nSPS) is 18.6. The molecular weight excluding hydrogens is 357 g/mol. The molecule has 1 aromatic carbocycles. The fourth-order valence-electron chi connectivity index (χ4n) is 3.30. The Balaban J connectivity index is 1.85. The van der Waals surface area contributed by atoms with Crippen LogP contribution < -0.4 is 5.46 Å². The number of rotatable bonds is 4. The van der Waals surface area contributed by atoms with E-state index in [0.29, 0.717) is 13.1 Å². The summed E-state index contributed by atoms with van der Waals surface area (Å²) in [5, 5.41) is 9.50. The van der Waals surface area contributed by atoms with Crippen LogP contribution in [0.5, 0.6) is 0 Å². The van der Waals surface area contributed by atoms with E-state index in [-0.39, 0.29) is 0 Å².